The molecular weight excluding hydrogens is 401 g/mol. The van der Waals surface area contributed by atoms with Crippen molar-refractivity contribution in [1.82, 2.24) is 24.8 Å². The van der Waals surface area contributed by atoms with E-state index in [1.807, 2.05) is 24.3 Å². The van der Waals surface area contributed by atoms with Crippen molar-refractivity contribution in [2.45, 2.75) is 6.54 Å². The van der Waals surface area contributed by atoms with Gasteiger partial charge >= 0.3 is 0 Å². The predicted octanol–water partition coefficient (Wildman–Crippen LogP) is 2.72. The highest BCUT2D eigenvalue weighted by atomic mass is 35.5. The van der Waals surface area contributed by atoms with Crippen LogP contribution >= 0.6 is 23.2 Å². The van der Waals surface area contributed by atoms with E-state index < -0.39 is 0 Å². The summed E-state index contributed by atoms with van der Waals surface area (Å²) in [5, 5.41) is 8.73. The van der Waals surface area contributed by atoms with Gasteiger partial charge in [0.05, 0.1) is 21.1 Å². The molecule has 0 spiro atoms. The molecule has 9 heteroatoms. The summed E-state index contributed by atoms with van der Waals surface area (Å²) in [6.45, 7) is 1.90. The first-order valence-corrected chi connectivity index (χ1v) is 9.59. The molecule has 2 heterocycles. The SMILES string of the molecule is O=C(Cn1nnc2ccccc21)N1CCN(C(=O)c2cccc(Cl)c2Cl)CC1. The number of piperazine rings is 1. The lowest BCUT2D eigenvalue weighted by Crippen LogP contribution is -2.51. The molecule has 0 saturated carbocycles. The Kier molecular flexibility index (Phi) is 5.19. The van der Waals surface area contributed by atoms with E-state index in [4.69, 9.17) is 23.2 Å². The third-order valence-corrected chi connectivity index (χ3v) is 5.63. The average Bonchev–Trinajstić information content (AvgIpc) is 3.12. The molecule has 1 aliphatic heterocycles. The topological polar surface area (TPSA) is 71.3 Å². The number of benzene rings is 2. The Morgan fingerprint density at radius 2 is 1.64 bits per heavy atom. The summed E-state index contributed by atoms with van der Waals surface area (Å²) >= 11 is 12.2. The zero-order chi connectivity index (χ0) is 19.7. The molecule has 0 radical (unpaired) electrons. The molecule has 1 saturated heterocycles. The molecule has 4 rings (SSSR count). The van der Waals surface area contributed by atoms with Crippen LogP contribution in [0.15, 0.2) is 42.5 Å². The van der Waals surface area contributed by atoms with Crippen molar-refractivity contribution in [2.24, 2.45) is 0 Å². The minimum Gasteiger partial charge on any atom is -0.338 e. The number of carbonyl (C=O) groups excluding carboxylic acids is 2. The molecule has 0 unspecified atom stereocenters. The molecule has 1 aromatic heterocycles. The van der Waals surface area contributed by atoms with Gasteiger partial charge in [0.1, 0.15) is 12.1 Å². The maximum Gasteiger partial charge on any atom is 0.255 e. The van der Waals surface area contributed by atoms with Crippen LogP contribution in [0.5, 0.6) is 0 Å². The number of amides is 2. The van der Waals surface area contributed by atoms with Crippen molar-refractivity contribution in [3.05, 3.63) is 58.1 Å². The average molecular weight is 418 g/mol. The second-order valence-electron chi connectivity index (χ2n) is 6.51. The summed E-state index contributed by atoms with van der Waals surface area (Å²) in [5.74, 6) is -0.231. The summed E-state index contributed by atoms with van der Waals surface area (Å²) in [6.07, 6.45) is 0. The monoisotopic (exact) mass is 417 g/mol. The molecule has 0 atom stereocenters. The van der Waals surface area contributed by atoms with Crippen LogP contribution < -0.4 is 0 Å². The third kappa shape index (κ3) is 3.55. The number of carbonyl (C=O) groups is 2. The quantitative estimate of drug-likeness (QED) is 0.656. The number of aromatic nitrogens is 3. The Morgan fingerprint density at radius 1 is 0.929 bits per heavy atom. The van der Waals surface area contributed by atoms with Gasteiger partial charge in [-0.25, -0.2) is 4.68 Å². The van der Waals surface area contributed by atoms with E-state index in [0.717, 1.165) is 11.0 Å². The lowest BCUT2D eigenvalue weighted by molar-refractivity contribution is -0.133. The number of hydrogen-bond donors (Lipinski definition) is 0. The van der Waals surface area contributed by atoms with Crippen molar-refractivity contribution >= 4 is 46.0 Å². The molecule has 0 bridgehead atoms. The van der Waals surface area contributed by atoms with Crippen molar-refractivity contribution in [2.75, 3.05) is 26.2 Å². The van der Waals surface area contributed by atoms with Crippen molar-refractivity contribution in [3.8, 4) is 0 Å². The number of para-hydroxylation sites is 1. The van der Waals surface area contributed by atoms with Crippen molar-refractivity contribution in [1.29, 1.82) is 0 Å². The third-order valence-electron chi connectivity index (χ3n) is 4.81. The second kappa shape index (κ2) is 7.77. The van der Waals surface area contributed by atoms with E-state index in [0.29, 0.717) is 36.8 Å². The minimum atomic E-state index is -0.179. The molecule has 7 nitrogen and oxygen atoms in total. The van der Waals surface area contributed by atoms with E-state index in [1.165, 1.54) is 0 Å². The van der Waals surface area contributed by atoms with E-state index in [2.05, 4.69) is 10.3 Å². The smallest absolute Gasteiger partial charge is 0.255 e. The highest BCUT2D eigenvalue weighted by Crippen LogP contribution is 2.26. The summed E-state index contributed by atoms with van der Waals surface area (Å²) in [6, 6.07) is 12.5. The maximum atomic E-state index is 12.7. The molecule has 2 amide bonds. The van der Waals surface area contributed by atoms with Crippen LogP contribution in [0.25, 0.3) is 11.0 Å². The number of rotatable bonds is 3. The van der Waals surface area contributed by atoms with Crippen molar-refractivity contribution < 1.29 is 9.59 Å². The number of fused-ring (bicyclic) bond motifs is 1. The van der Waals surface area contributed by atoms with E-state index in [-0.39, 0.29) is 23.4 Å². The molecule has 0 aliphatic carbocycles. The first-order chi connectivity index (χ1) is 13.5. The van der Waals surface area contributed by atoms with Gasteiger partial charge in [0.2, 0.25) is 5.91 Å². The van der Waals surface area contributed by atoms with Crippen LogP contribution in [0.1, 0.15) is 10.4 Å². The van der Waals surface area contributed by atoms with Gasteiger partial charge in [-0.15, -0.1) is 5.10 Å². The Bertz CT molecular complexity index is 1040. The Morgan fingerprint density at radius 3 is 2.43 bits per heavy atom. The Balaban J connectivity index is 1.39. The Labute approximate surface area is 171 Å². The fourth-order valence-corrected chi connectivity index (χ4v) is 3.64. The summed E-state index contributed by atoms with van der Waals surface area (Å²) in [4.78, 5) is 28.8. The standard InChI is InChI=1S/C19H17Cl2N5O2/c20-14-5-3-4-13(18(14)21)19(28)25-10-8-24(9-11-25)17(27)12-26-16-7-2-1-6-15(16)22-23-26/h1-7H,8-12H2. The van der Waals surface area contributed by atoms with E-state index in [9.17, 15) is 9.59 Å². The summed E-state index contributed by atoms with van der Waals surface area (Å²) in [5.41, 5.74) is 1.95. The van der Waals surface area contributed by atoms with Gasteiger partial charge in [-0.05, 0) is 24.3 Å². The normalized spacial score (nSPS) is 14.5. The van der Waals surface area contributed by atoms with Crippen LogP contribution in [-0.2, 0) is 11.3 Å². The Hall–Kier alpha value is -2.64. The lowest BCUT2D eigenvalue weighted by atomic mass is 10.1. The van der Waals surface area contributed by atoms with Gasteiger partial charge < -0.3 is 9.80 Å². The van der Waals surface area contributed by atoms with Crippen LogP contribution in [0, 0.1) is 0 Å². The minimum absolute atomic E-state index is 0.0523. The zero-order valence-corrected chi connectivity index (χ0v) is 16.4. The van der Waals surface area contributed by atoms with Crippen molar-refractivity contribution in [3.63, 3.8) is 0 Å². The molecule has 2 aromatic carbocycles. The number of hydrogen-bond acceptors (Lipinski definition) is 4. The maximum absolute atomic E-state index is 12.7. The molecule has 1 aliphatic rings. The largest absolute Gasteiger partial charge is 0.338 e. The van der Waals surface area contributed by atoms with Gasteiger partial charge in [0, 0.05) is 26.2 Å². The molecule has 1 fully saturated rings. The van der Waals surface area contributed by atoms with Crippen LogP contribution in [0.3, 0.4) is 0 Å². The van der Waals surface area contributed by atoms with Crippen LogP contribution in [-0.4, -0.2) is 62.8 Å². The molecule has 3 aromatic rings. The molecular formula is C19H17Cl2N5O2. The highest BCUT2D eigenvalue weighted by Gasteiger charge is 2.26. The predicted molar refractivity (Wildman–Crippen MR) is 106 cm³/mol. The van der Waals surface area contributed by atoms with Gasteiger partial charge in [-0.1, -0.05) is 46.6 Å². The van der Waals surface area contributed by atoms with Gasteiger partial charge in [0.15, 0.2) is 0 Å². The highest BCUT2D eigenvalue weighted by molar-refractivity contribution is 6.43. The molecule has 0 N–H and O–H groups in total. The fourth-order valence-electron chi connectivity index (χ4n) is 3.26. The van der Waals surface area contributed by atoms with Gasteiger partial charge in [-0.3, -0.25) is 9.59 Å². The first kappa shape index (κ1) is 18.7. The lowest BCUT2D eigenvalue weighted by Gasteiger charge is -2.35. The van der Waals surface area contributed by atoms with Gasteiger partial charge in [0.25, 0.3) is 5.91 Å². The second-order valence-corrected chi connectivity index (χ2v) is 7.30. The summed E-state index contributed by atoms with van der Waals surface area (Å²) < 4.78 is 1.60. The zero-order valence-electron chi connectivity index (χ0n) is 14.9. The number of halogens is 2. The number of nitrogens with zero attached hydrogens (tertiary/aromatic N) is 5. The van der Waals surface area contributed by atoms with E-state index >= 15 is 0 Å². The first-order valence-electron chi connectivity index (χ1n) is 8.84. The van der Waals surface area contributed by atoms with Gasteiger partial charge in [-0.2, -0.15) is 0 Å². The molecule has 28 heavy (non-hydrogen) atoms. The fraction of sp³-hybridized carbons (Fsp3) is 0.263. The van der Waals surface area contributed by atoms with E-state index in [1.54, 1.807) is 32.7 Å². The van der Waals surface area contributed by atoms with Crippen LogP contribution in [0.2, 0.25) is 10.0 Å². The van der Waals surface area contributed by atoms with Crippen LogP contribution in [0.4, 0.5) is 0 Å². The molecule has 144 valence electrons. The summed E-state index contributed by atoms with van der Waals surface area (Å²) in [7, 11) is 0.